The molecule has 4 aromatic rings. The number of pyridine rings is 1. The summed E-state index contributed by atoms with van der Waals surface area (Å²) < 4.78 is 12.4. The Kier molecular flexibility index (Phi) is 6.94. The van der Waals surface area contributed by atoms with Crippen LogP contribution in [-0.2, 0) is 16.0 Å². The third kappa shape index (κ3) is 4.89. The highest BCUT2D eigenvalue weighted by molar-refractivity contribution is 7.19. The molecule has 7 rings (SSSR count). The summed E-state index contributed by atoms with van der Waals surface area (Å²) in [6.45, 7) is 10.4. The molecule has 9 heteroatoms. The summed E-state index contributed by atoms with van der Waals surface area (Å²) in [4.78, 5) is 23.6. The molecule has 3 saturated heterocycles. The van der Waals surface area contributed by atoms with Gasteiger partial charge in [0.15, 0.2) is 11.6 Å². The molecule has 198 valence electrons. The Labute approximate surface area is 227 Å². The fourth-order valence-corrected chi connectivity index (χ4v) is 7.23. The molecule has 0 spiro atoms. The maximum atomic E-state index is 5.66. The second-order valence-electron chi connectivity index (χ2n) is 10.5. The van der Waals surface area contributed by atoms with Crippen LogP contribution in [0.1, 0.15) is 17.7 Å². The fourth-order valence-electron chi connectivity index (χ4n) is 6.08. The van der Waals surface area contributed by atoms with E-state index in [0.717, 1.165) is 106 Å². The van der Waals surface area contributed by atoms with E-state index in [-0.39, 0.29) is 0 Å². The highest BCUT2D eigenvalue weighted by atomic mass is 32.1. The Morgan fingerprint density at radius 2 is 1.68 bits per heavy atom. The molecular formula is C29H34N6O2S. The average Bonchev–Trinajstić information content (AvgIpc) is 3.40. The van der Waals surface area contributed by atoms with Crippen molar-refractivity contribution in [1.29, 1.82) is 0 Å². The number of thiophene rings is 1. The van der Waals surface area contributed by atoms with E-state index in [4.69, 9.17) is 19.4 Å². The number of hydrogen-bond donors (Lipinski definition) is 0. The van der Waals surface area contributed by atoms with Gasteiger partial charge in [0.1, 0.15) is 0 Å². The number of anilines is 1. The lowest BCUT2D eigenvalue weighted by atomic mass is 10.0. The number of morpholine rings is 2. The molecule has 0 amide bonds. The number of likely N-dealkylation sites (tertiary alicyclic amines) is 1. The van der Waals surface area contributed by atoms with Gasteiger partial charge in [-0.3, -0.25) is 14.8 Å². The number of nitrogens with zero attached hydrogens (tertiary/aromatic N) is 6. The maximum Gasteiger partial charge on any atom is 0.162 e. The molecule has 0 aliphatic carbocycles. The first-order valence-electron chi connectivity index (χ1n) is 13.8. The summed E-state index contributed by atoms with van der Waals surface area (Å²) in [5.74, 6) is 1.83. The molecule has 3 fully saturated rings. The molecule has 3 aliphatic rings. The molecule has 8 nitrogen and oxygen atoms in total. The third-order valence-corrected chi connectivity index (χ3v) is 9.24. The van der Waals surface area contributed by atoms with Crippen LogP contribution in [-0.4, -0.2) is 96.5 Å². The van der Waals surface area contributed by atoms with Crippen LogP contribution in [0.5, 0.6) is 0 Å². The Hall–Kier alpha value is -2.69. The molecular weight excluding hydrogens is 496 g/mol. The number of hydrogen-bond acceptors (Lipinski definition) is 9. The molecule has 0 N–H and O–H groups in total. The molecule has 0 unspecified atom stereocenters. The van der Waals surface area contributed by atoms with Crippen molar-refractivity contribution in [3.8, 4) is 11.4 Å². The number of piperidine rings is 1. The van der Waals surface area contributed by atoms with Gasteiger partial charge < -0.3 is 14.4 Å². The van der Waals surface area contributed by atoms with E-state index in [1.165, 1.54) is 22.4 Å². The van der Waals surface area contributed by atoms with Gasteiger partial charge in [0.05, 0.1) is 36.6 Å². The summed E-state index contributed by atoms with van der Waals surface area (Å²) in [6, 6.07) is 11.4. The highest BCUT2D eigenvalue weighted by Crippen LogP contribution is 2.36. The number of benzene rings is 1. The van der Waals surface area contributed by atoms with E-state index < -0.39 is 0 Å². The molecule has 3 aliphatic heterocycles. The topological polar surface area (TPSA) is 66.9 Å². The Morgan fingerprint density at radius 3 is 2.50 bits per heavy atom. The zero-order valence-electron chi connectivity index (χ0n) is 21.7. The van der Waals surface area contributed by atoms with Crippen LogP contribution in [0.25, 0.3) is 32.4 Å². The van der Waals surface area contributed by atoms with Crippen molar-refractivity contribution in [2.45, 2.75) is 25.4 Å². The Balaban J connectivity index is 1.18. The predicted octanol–water partition coefficient (Wildman–Crippen LogP) is 4.04. The highest BCUT2D eigenvalue weighted by Gasteiger charge is 2.27. The van der Waals surface area contributed by atoms with Gasteiger partial charge in [0.25, 0.3) is 0 Å². The fraction of sp³-hybridized carbons (Fsp3) is 0.483. The smallest absolute Gasteiger partial charge is 0.162 e. The summed E-state index contributed by atoms with van der Waals surface area (Å²) in [7, 11) is 0. The van der Waals surface area contributed by atoms with E-state index in [9.17, 15) is 0 Å². The zero-order valence-corrected chi connectivity index (χ0v) is 22.5. The lowest BCUT2D eigenvalue weighted by molar-refractivity contribution is 0.000310. The molecule has 0 atom stereocenters. The molecule has 3 aromatic heterocycles. The van der Waals surface area contributed by atoms with Gasteiger partial charge >= 0.3 is 0 Å². The van der Waals surface area contributed by atoms with E-state index in [1.807, 2.05) is 23.7 Å². The van der Waals surface area contributed by atoms with E-state index in [0.29, 0.717) is 6.04 Å². The summed E-state index contributed by atoms with van der Waals surface area (Å²) in [5, 5.41) is 2.24. The first kappa shape index (κ1) is 24.4. The number of aromatic nitrogens is 3. The van der Waals surface area contributed by atoms with Gasteiger partial charge in [-0.05, 0) is 30.4 Å². The van der Waals surface area contributed by atoms with Gasteiger partial charge in [-0.1, -0.05) is 18.2 Å². The second kappa shape index (κ2) is 10.8. The van der Waals surface area contributed by atoms with Crippen LogP contribution in [0.15, 0.2) is 42.7 Å². The molecule has 0 radical (unpaired) electrons. The van der Waals surface area contributed by atoms with Gasteiger partial charge in [-0.25, -0.2) is 9.97 Å². The lowest BCUT2D eigenvalue weighted by Crippen LogP contribution is -2.48. The normalized spacial score (nSPS) is 20.5. The summed E-state index contributed by atoms with van der Waals surface area (Å²) in [5.41, 5.74) is 2.10. The van der Waals surface area contributed by atoms with Gasteiger partial charge in [-0.2, -0.15) is 0 Å². The standard InChI is InChI=1S/C29H34N6O2S/c1-2-21-19-30-7-4-24(21)25(3-1)28-31-26-18-23(38-27(26)29(32-28)35-12-16-37-17-13-35)20-33-8-5-22(6-9-33)34-10-14-36-15-11-34/h1-4,7,18-19,22H,5-6,8-17,20H2. The molecule has 1 aromatic carbocycles. The van der Waals surface area contributed by atoms with Crippen molar-refractivity contribution in [3.05, 3.63) is 47.6 Å². The van der Waals surface area contributed by atoms with Crippen molar-refractivity contribution in [2.24, 2.45) is 0 Å². The van der Waals surface area contributed by atoms with Gasteiger partial charge in [-0.15, -0.1) is 11.3 Å². The minimum atomic E-state index is 0.704. The summed E-state index contributed by atoms with van der Waals surface area (Å²) in [6.07, 6.45) is 6.23. The van der Waals surface area contributed by atoms with Crippen molar-refractivity contribution >= 4 is 38.1 Å². The van der Waals surface area contributed by atoms with Crippen LogP contribution in [0.4, 0.5) is 5.82 Å². The van der Waals surface area contributed by atoms with Crippen LogP contribution < -0.4 is 4.90 Å². The SMILES string of the molecule is c1cc(-c2nc(N3CCOCC3)c3sc(CN4CCC(N5CCOCC5)CC4)cc3n2)c2ccncc2c1. The maximum absolute atomic E-state index is 5.66. The van der Waals surface area contributed by atoms with Crippen molar-refractivity contribution in [3.63, 3.8) is 0 Å². The first-order valence-corrected chi connectivity index (χ1v) is 14.6. The van der Waals surface area contributed by atoms with Crippen LogP contribution in [0.2, 0.25) is 0 Å². The van der Waals surface area contributed by atoms with Crippen LogP contribution in [0.3, 0.4) is 0 Å². The minimum Gasteiger partial charge on any atom is -0.379 e. The Bertz CT molecular complexity index is 1400. The molecule has 0 bridgehead atoms. The third-order valence-electron chi connectivity index (χ3n) is 8.14. The lowest BCUT2D eigenvalue weighted by Gasteiger charge is -2.40. The zero-order chi connectivity index (χ0) is 25.3. The largest absolute Gasteiger partial charge is 0.379 e. The monoisotopic (exact) mass is 530 g/mol. The van der Waals surface area contributed by atoms with Crippen LogP contribution >= 0.6 is 11.3 Å². The van der Waals surface area contributed by atoms with E-state index in [1.54, 1.807) is 0 Å². The number of fused-ring (bicyclic) bond motifs is 2. The number of ether oxygens (including phenoxy) is 2. The van der Waals surface area contributed by atoms with E-state index in [2.05, 4.69) is 50.0 Å². The van der Waals surface area contributed by atoms with Crippen molar-refractivity contribution in [2.75, 3.05) is 70.6 Å². The van der Waals surface area contributed by atoms with Crippen molar-refractivity contribution in [1.82, 2.24) is 24.8 Å². The predicted molar refractivity (Wildman–Crippen MR) is 152 cm³/mol. The minimum absolute atomic E-state index is 0.704. The average molecular weight is 531 g/mol. The van der Waals surface area contributed by atoms with E-state index >= 15 is 0 Å². The van der Waals surface area contributed by atoms with Gasteiger partial charge in [0.2, 0.25) is 0 Å². The van der Waals surface area contributed by atoms with Gasteiger partial charge in [0, 0.05) is 80.1 Å². The first-order chi connectivity index (χ1) is 18.8. The van der Waals surface area contributed by atoms with Crippen molar-refractivity contribution < 1.29 is 9.47 Å². The molecule has 38 heavy (non-hydrogen) atoms. The van der Waals surface area contributed by atoms with Crippen LogP contribution in [0, 0.1) is 0 Å². The number of rotatable bonds is 5. The molecule has 0 saturated carbocycles. The molecule has 6 heterocycles. The summed E-state index contributed by atoms with van der Waals surface area (Å²) >= 11 is 1.86. The Morgan fingerprint density at radius 1 is 0.895 bits per heavy atom. The second-order valence-corrected chi connectivity index (χ2v) is 11.6. The quantitative estimate of drug-likeness (QED) is 0.383.